The molecule has 4 heterocycles. The first-order valence-electron chi connectivity index (χ1n) is 8.24. The van der Waals surface area contributed by atoms with Crippen molar-refractivity contribution in [2.45, 2.75) is 19.9 Å². The molecule has 130 valence electrons. The van der Waals surface area contributed by atoms with Crippen molar-refractivity contribution in [2.24, 2.45) is 0 Å². The monoisotopic (exact) mass is 347 g/mol. The summed E-state index contributed by atoms with van der Waals surface area (Å²) in [6, 6.07) is 9.26. The van der Waals surface area contributed by atoms with Crippen LogP contribution < -0.4 is 5.32 Å². The number of H-pyrrole nitrogens is 1. The maximum Gasteiger partial charge on any atom is 0.259 e. The molecule has 0 radical (unpaired) electrons. The highest BCUT2D eigenvalue weighted by Crippen LogP contribution is 2.21. The first kappa shape index (κ1) is 15.9. The van der Waals surface area contributed by atoms with E-state index in [1.807, 2.05) is 36.6 Å². The smallest absolute Gasteiger partial charge is 0.259 e. The molecule has 8 heteroatoms. The zero-order valence-corrected chi connectivity index (χ0v) is 14.3. The molecule has 0 aliphatic carbocycles. The fourth-order valence-electron chi connectivity index (χ4n) is 2.76. The minimum absolute atomic E-state index is 0.207. The largest absolute Gasteiger partial charge is 0.345 e. The molecule has 1 amide bonds. The Bertz CT molecular complexity index is 1080. The molecule has 0 aliphatic heterocycles. The van der Waals surface area contributed by atoms with Crippen molar-refractivity contribution in [1.29, 1.82) is 0 Å². The summed E-state index contributed by atoms with van der Waals surface area (Å²) >= 11 is 0. The van der Waals surface area contributed by atoms with Crippen LogP contribution in [0.5, 0.6) is 0 Å². The van der Waals surface area contributed by atoms with E-state index in [9.17, 15) is 4.79 Å². The second-order valence-corrected chi connectivity index (χ2v) is 6.12. The number of anilines is 1. The van der Waals surface area contributed by atoms with Gasteiger partial charge >= 0.3 is 0 Å². The predicted octanol–water partition coefficient (Wildman–Crippen LogP) is 3.05. The minimum Gasteiger partial charge on any atom is -0.345 e. The number of rotatable bonds is 4. The molecular weight excluding hydrogens is 330 g/mol. The molecule has 0 spiro atoms. The number of nitrogens with one attached hydrogen (secondary N) is 2. The minimum atomic E-state index is -0.251. The molecule has 2 N–H and O–H groups in total. The molecule has 0 atom stereocenters. The summed E-state index contributed by atoms with van der Waals surface area (Å²) in [7, 11) is 0. The number of carbonyl (C=O) groups excluding carboxylic acids is 1. The molecule has 0 saturated carbocycles. The van der Waals surface area contributed by atoms with Crippen LogP contribution in [0.3, 0.4) is 0 Å². The van der Waals surface area contributed by atoms with Crippen molar-refractivity contribution >= 4 is 22.8 Å². The average Bonchev–Trinajstić information content (AvgIpc) is 3.29. The molecule has 4 rings (SSSR count). The van der Waals surface area contributed by atoms with E-state index >= 15 is 0 Å². The molecule has 0 unspecified atom stereocenters. The molecule has 0 bridgehead atoms. The lowest BCUT2D eigenvalue weighted by molar-refractivity contribution is 0.102. The fraction of sp³-hybridized carbons (Fsp3) is 0.167. The molecule has 0 aliphatic rings. The maximum atomic E-state index is 12.6. The lowest BCUT2D eigenvalue weighted by Gasteiger charge is -2.10. The van der Waals surface area contributed by atoms with Crippen LogP contribution in [0.2, 0.25) is 0 Å². The van der Waals surface area contributed by atoms with Gasteiger partial charge in [0.15, 0.2) is 5.82 Å². The first-order chi connectivity index (χ1) is 12.6. The third kappa shape index (κ3) is 2.81. The van der Waals surface area contributed by atoms with Gasteiger partial charge in [-0.2, -0.15) is 0 Å². The highest BCUT2D eigenvalue weighted by molar-refractivity contribution is 6.11. The normalized spacial score (nSPS) is 11.2. The van der Waals surface area contributed by atoms with Crippen molar-refractivity contribution in [3.63, 3.8) is 0 Å². The van der Waals surface area contributed by atoms with Gasteiger partial charge in [0.25, 0.3) is 5.91 Å². The van der Waals surface area contributed by atoms with Gasteiger partial charge in [0.1, 0.15) is 23.5 Å². The van der Waals surface area contributed by atoms with E-state index in [4.69, 9.17) is 0 Å². The van der Waals surface area contributed by atoms with Gasteiger partial charge in [-0.15, -0.1) is 10.2 Å². The molecule has 8 nitrogen and oxygen atoms in total. The van der Waals surface area contributed by atoms with Gasteiger partial charge < -0.3 is 14.9 Å². The third-order valence-electron chi connectivity index (χ3n) is 4.04. The highest BCUT2D eigenvalue weighted by Gasteiger charge is 2.15. The predicted molar refractivity (Wildman–Crippen MR) is 97.7 cm³/mol. The van der Waals surface area contributed by atoms with E-state index in [1.54, 1.807) is 30.9 Å². The Kier molecular flexibility index (Phi) is 3.92. The standard InChI is InChI=1S/C18H17N7O/c1-11(2)25-10-21-24-17(25)14-6-3-7-15(22-14)23-18(26)13-9-20-16-12(13)5-4-8-19-16/h3-11H,1-2H3,(H,19,20)(H,22,23,26). The third-order valence-corrected chi connectivity index (χ3v) is 4.04. The summed E-state index contributed by atoms with van der Waals surface area (Å²) in [5.41, 5.74) is 1.84. The van der Waals surface area contributed by atoms with Crippen molar-refractivity contribution in [3.8, 4) is 11.5 Å². The number of fused-ring (bicyclic) bond motifs is 1. The SMILES string of the molecule is CC(C)n1cnnc1-c1cccc(NC(=O)c2c[nH]c3ncccc23)n1. The van der Waals surface area contributed by atoms with Gasteiger partial charge in [0, 0.05) is 23.8 Å². The number of aromatic amines is 1. The Hall–Kier alpha value is -3.55. The molecule has 4 aromatic heterocycles. The van der Waals surface area contributed by atoms with Crippen molar-refractivity contribution in [2.75, 3.05) is 5.32 Å². The second kappa shape index (κ2) is 6.40. The Labute approximate surface area is 149 Å². The van der Waals surface area contributed by atoms with Gasteiger partial charge in [-0.25, -0.2) is 9.97 Å². The highest BCUT2D eigenvalue weighted by atomic mass is 16.1. The molecule has 4 aromatic rings. The van der Waals surface area contributed by atoms with Crippen LogP contribution in [0.15, 0.2) is 49.1 Å². The van der Waals surface area contributed by atoms with Crippen LogP contribution >= 0.6 is 0 Å². The number of carbonyl (C=O) groups is 1. The van der Waals surface area contributed by atoms with Crippen LogP contribution in [0.1, 0.15) is 30.2 Å². The molecular formula is C18H17N7O. The molecule has 26 heavy (non-hydrogen) atoms. The summed E-state index contributed by atoms with van der Waals surface area (Å²) in [5, 5.41) is 11.7. The van der Waals surface area contributed by atoms with Gasteiger partial charge in [0.2, 0.25) is 0 Å². The van der Waals surface area contributed by atoms with E-state index in [0.29, 0.717) is 28.5 Å². The van der Waals surface area contributed by atoms with Crippen LogP contribution in [0.25, 0.3) is 22.6 Å². The lowest BCUT2D eigenvalue weighted by Crippen LogP contribution is -2.13. The van der Waals surface area contributed by atoms with Crippen LogP contribution in [-0.4, -0.2) is 35.6 Å². The maximum absolute atomic E-state index is 12.6. The van der Waals surface area contributed by atoms with E-state index in [1.165, 1.54) is 0 Å². The second-order valence-electron chi connectivity index (χ2n) is 6.12. The van der Waals surface area contributed by atoms with Crippen molar-refractivity contribution in [3.05, 3.63) is 54.6 Å². The summed E-state index contributed by atoms with van der Waals surface area (Å²) in [4.78, 5) is 24.3. The Morgan fingerprint density at radius 3 is 2.96 bits per heavy atom. The zero-order valence-electron chi connectivity index (χ0n) is 14.3. The summed E-state index contributed by atoms with van der Waals surface area (Å²) < 4.78 is 1.93. The average molecular weight is 347 g/mol. The number of amides is 1. The van der Waals surface area contributed by atoms with E-state index < -0.39 is 0 Å². The topological polar surface area (TPSA) is 101 Å². The summed E-state index contributed by atoms with van der Waals surface area (Å²) in [6.45, 7) is 4.09. The number of aromatic nitrogens is 6. The van der Waals surface area contributed by atoms with Gasteiger partial charge in [0.05, 0.1) is 5.56 Å². The van der Waals surface area contributed by atoms with E-state index in [-0.39, 0.29) is 11.9 Å². The van der Waals surface area contributed by atoms with Gasteiger partial charge in [-0.1, -0.05) is 6.07 Å². The zero-order chi connectivity index (χ0) is 18.1. The number of nitrogens with zero attached hydrogens (tertiary/aromatic N) is 5. The lowest BCUT2D eigenvalue weighted by atomic mass is 10.2. The Morgan fingerprint density at radius 1 is 1.23 bits per heavy atom. The van der Waals surface area contributed by atoms with Crippen molar-refractivity contribution < 1.29 is 4.79 Å². The number of hydrogen-bond donors (Lipinski definition) is 2. The molecule has 0 aromatic carbocycles. The Balaban J connectivity index is 1.63. The summed E-state index contributed by atoms with van der Waals surface area (Å²) in [6.07, 6.45) is 4.99. The number of hydrogen-bond acceptors (Lipinski definition) is 5. The van der Waals surface area contributed by atoms with Gasteiger partial charge in [-0.3, -0.25) is 4.79 Å². The molecule has 0 fully saturated rings. The Morgan fingerprint density at radius 2 is 2.12 bits per heavy atom. The summed E-state index contributed by atoms with van der Waals surface area (Å²) in [5.74, 6) is 0.857. The van der Waals surface area contributed by atoms with E-state index in [2.05, 4.69) is 30.5 Å². The number of pyridine rings is 2. The molecule has 0 saturated heterocycles. The van der Waals surface area contributed by atoms with Crippen LogP contribution in [0, 0.1) is 0 Å². The van der Waals surface area contributed by atoms with Gasteiger partial charge in [-0.05, 0) is 38.1 Å². The first-order valence-corrected chi connectivity index (χ1v) is 8.24. The van der Waals surface area contributed by atoms with E-state index in [0.717, 1.165) is 5.39 Å². The van der Waals surface area contributed by atoms with Crippen molar-refractivity contribution in [1.82, 2.24) is 29.7 Å². The van der Waals surface area contributed by atoms with Crippen LogP contribution in [0.4, 0.5) is 5.82 Å². The quantitative estimate of drug-likeness (QED) is 0.591. The van der Waals surface area contributed by atoms with Crippen LogP contribution in [-0.2, 0) is 0 Å². The fourth-order valence-corrected chi connectivity index (χ4v) is 2.76.